The lowest BCUT2D eigenvalue weighted by atomic mass is 10.1. The van der Waals surface area contributed by atoms with Crippen molar-refractivity contribution in [1.29, 1.82) is 0 Å². The van der Waals surface area contributed by atoms with Gasteiger partial charge in [0.25, 0.3) is 0 Å². The summed E-state index contributed by atoms with van der Waals surface area (Å²) in [5.41, 5.74) is -0.832. The number of nitrogens with one attached hydrogen (secondary N) is 1. The second kappa shape index (κ2) is 6.25. The third-order valence-electron chi connectivity index (χ3n) is 2.18. The first-order valence-electron chi connectivity index (χ1n) is 5.26. The van der Waals surface area contributed by atoms with E-state index in [1.807, 2.05) is 0 Å². The molecule has 1 N–H and O–H groups in total. The molecule has 0 aliphatic carbocycles. The highest BCUT2D eigenvalue weighted by atomic mass is 19.4. The van der Waals surface area contributed by atoms with Gasteiger partial charge in [-0.1, -0.05) is 18.2 Å². The zero-order valence-corrected chi connectivity index (χ0v) is 9.61. The summed E-state index contributed by atoms with van der Waals surface area (Å²) in [6, 6.07) is 4.86. The number of halogens is 6. The van der Waals surface area contributed by atoms with Crippen LogP contribution in [0.2, 0.25) is 0 Å². The topological polar surface area (TPSA) is 21.3 Å². The zero-order chi connectivity index (χ0) is 14.5. The fourth-order valence-corrected chi connectivity index (χ4v) is 1.41. The summed E-state index contributed by atoms with van der Waals surface area (Å²) >= 11 is 0. The average Bonchev–Trinajstić information content (AvgIpc) is 2.26. The van der Waals surface area contributed by atoms with Gasteiger partial charge in [-0.3, -0.25) is 4.74 Å². The maximum Gasteiger partial charge on any atom is 0.522 e. The smallest absolute Gasteiger partial charge is 0.310 e. The van der Waals surface area contributed by atoms with E-state index in [0.717, 1.165) is 6.07 Å². The van der Waals surface area contributed by atoms with E-state index in [0.29, 0.717) is 0 Å². The molecule has 0 amide bonds. The number of ether oxygens (including phenoxy) is 1. The van der Waals surface area contributed by atoms with E-state index in [1.54, 1.807) is 0 Å². The molecule has 19 heavy (non-hydrogen) atoms. The molecule has 1 aromatic rings. The molecule has 0 bridgehead atoms. The highest BCUT2D eigenvalue weighted by molar-refractivity contribution is 5.29. The summed E-state index contributed by atoms with van der Waals surface area (Å²) in [6.07, 6.45) is -9.22. The molecule has 0 radical (unpaired) electrons. The summed E-state index contributed by atoms with van der Waals surface area (Å²) in [5, 5.41) is 2.46. The Morgan fingerprint density at radius 2 is 1.63 bits per heavy atom. The minimum atomic E-state index is -4.73. The fourth-order valence-electron chi connectivity index (χ4n) is 1.41. The van der Waals surface area contributed by atoms with Crippen molar-refractivity contribution in [2.75, 3.05) is 13.2 Å². The Morgan fingerprint density at radius 3 is 2.21 bits per heavy atom. The van der Waals surface area contributed by atoms with Crippen LogP contribution in [0.1, 0.15) is 11.1 Å². The normalized spacial score (nSPS) is 12.7. The molecule has 0 spiro atoms. The van der Waals surface area contributed by atoms with E-state index in [2.05, 4.69) is 10.1 Å². The molecule has 0 saturated heterocycles. The molecular weight excluding hydrogens is 276 g/mol. The third kappa shape index (κ3) is 5.93. The molecule has 108 valence electrons. The molecule has 8 heteroatoms. The van der Waals surface area contributed by atoms with Gasteiger partial charge in [-0.05, 0) is 11.6 Å². The first-order chi connectivity index (χ1) is 8.70. The van der Waals surface area contributed by atoms with Gasteiger partial charge >= 0.3 is 12.5 Å². The Morgan fingerprint density at radius 1 is 1.00 bits per heavy atom. The molecule has 0 unspecified atom stereocenters. The molecule has 0 atom stereocenters. The van der Waals surface area contributed by atoms with Crippen molar-refractivity contribution in [2.24, 2.45) is 0 Å². The van der Waals surface area contributed by atoms with Crippen molar-refractivity contribution in [3.63, 3.8) is 0 Å². The molecule has 0 aliphatic rings. The summed E-state index contributed by atoms with van der Waals surface area (Å²) in [4.78, 5) is 0. The van der Waals surface area contributed by atoms with Gasteiger partial charge < -0.3 is 5.32 Å². The van der Waals surface area contributed by atoms with Gasteiger partial charge in [0.1, 0.15) is 0 Å². The van der Waals surface area contributed by atoms with E-state index in [4.69, 9.17) is 0 Å². The lowest BCUT2D eigenvalue weighted by molar-refractivity contribution is -0.323. The lowest BCUT2D eigenvalue weighted by Gasteiger charge is -2.13. The van der Waals surface area contributed by atoms with Crippen molar-refractivity contribution >= 4 is 0 Å². The Kier molecular flexibility index (Phi) is 5.19. The van der Waals surface area contributed by atoms with E-state index in [1.165, 1.54) is 18.2 Å². The maximum atomic E-state index is 12.6. The Labute approximate surface area is 105 Å². The van der Waals surface area contributed by atoms with Crippen LogP contribution >= 0.6 is 0 Å². The number of hydrogen-bond acceptors (Lipinski definition) is 2. The molecule has 0 aromatic heterocycles. The van der Waals surface area contributed by atoms with Crippen LogP contribution in [0.4, 0.5) is 26.3 Å². The molecule has 0 aliphatic heterocycles. The Bertz CT molecular complexity index is 401. The monoisotopic (exact) mass is 287 g/mol. The van der Waals surface area contributed by atoms with E-state index >= 15 is 0 Å². The number of benzene rings is 1. The van der Waals surface area contributed by atoms with Gasteiger partial charge in [0.05, 0.1) is 12.2 Å². The fraction of sp³-hybridized carbons (Fsp3) is 0.455. The predicted octanol–water partition coefficient (Wildman–Crippen LogP) is 3.33. The second-order valence-corrected chi connectivity index (χ2v) is 3.63. The van der Waals surface area contributed by atoms with Crippen LogP contribution in [0.5, 0.6) is 0 Å². The van der Waals surface area contributed by atoms with Crippen LogP contribution < -0.4 is 5.32 Å². The molecule has 1 aromatic carbocycles. The number of alkyl halides is 6. The van der Waals surface area contributed by atoms with Crippen LogP contribution in [0.3, 0.4) is 0 Å². The van der Waals surface area contributed by atoms with Gasteiger partial charge in [0.2, 0.25) is 0 Å². The van der Waals surface area contributed by atoms with Gasteiger partial charge in [0, 0.05) is 13.1 Å². The van der Waals surface area contributed by atoms with E-state index in [9.17, 15) is 26.3 Å². The minimum absolute atomic E-state index is 0.0259. The molecule has 1 rings (SSSR count). The van der Waals surface area contributed by atoms with Crippen LogP contribution in [0, 0.1) is 0 Å². The van der Waals surface area contributed by atoms with Crippen LogP contribution in [-0.4, -0.2) is 19.5 Å². The summed E-state index contributed by atoms with van der Waals surface area (Å²) in [5.74, 6) is 0. The first-order valence-corrected chi connectivity index (χ1v) is 5.26. The van der Waals surface area contributed by atoms with Crippen molar-refractivity contribution in [2.45, 2.75) is 19.1 Å². The SMILES string of the molecule is FC(F)(F)OCCNCc1ccccc1C(F)(F)F. The quantitative estimate of drug-likeness (QED) is 0.662. The highest BCUT2D eigenvalue weighted by Gasteiger charge is 2.32. The Hall–Kier alpha value is -1.28. The first kappa shape index (κ1) is 15.8. The molecule has 0 heterocycles. The minimum Gasteiger partial charge on any atom is -0.310 e. The number of rotatable bonds is 5. The second-order valence-electron chi connectivity index (χ2n) is 3.63. The van der Waals surface area contributed by atoms with Crippen molar-refractivity contribution in [1.82, 2.24) is 5.32 Å². The Balaban J connectivity index is 2.46. The van der Waals surface area contributed by atoms with Gasteiger partial charge in [-0.25, -0.2) is 0 Å². The summed E-state index contributed by atoms with van der Waals surface area (Å²) in [6.45, 7) is -1.04. The third-order valence-corrected chi connectivity index (χ3v) is 2.18. The van der Waals surface area contributed by atoms with E-state index < -0.39 is 24.7 Å². The van der Waals surface area contributed by atoms with Gasteiger partial charge in [-0.2, -0.15) is 13.2 Å². The molecular formula is C11H11F6NO. The van der Waals surface area contributed by atoms with Gasteiger partial charge in [0.15, 0.2) is 0 Å². The number of hydrogen-bond donors (Lipinski definition) is 1. The average molecular weight is 287 g/mol. The zero-order valence-electron chi connectivity index (χ0n) is 9.61. The molecule has 0 saturated carbocycles. The maximum absolute atomic E-state index is 12.6. The highest BCUT2D eigenvalue weighted by Crippen LogP contribution is 2.31. The molecule has 2 nitrogen and oxygen atoms in total. The largest absolute Gasteiger partial charge is 0.522 e. The van der Waals surface area contributed by atoms with E-state index in [-0.39, 0.29) is 18.7 Å². The van der Waals surface area contributed by atoms with Crippen LogP contribution in [-0.2, 0) is 17.5 Å². The van der Waals surface area contributed by atoms with Crippen molar-refractivity contribution in [3.8, 4) is 0 Å². The van der Waals surface area contributed by atoms with Crippen LogP contribution in [0.15, 0.2) is 24.3 Å². The summed E-state index contributed by atoms with van der Waals surface area (Å²) < 4.78 is 76.1. The van der Waals surface area contributed by atoms with Crippen molar-refractivity contribution in [3.05, 3.63) is 35.4 Å². The molecule has 0 fully saturated rings. The lowest BCUT2D eigenvalue weighted by Crippen LogP contribution is -2.25. The summed E-state index contributed by atoms with van der Waals surface area (Å²) in [7, 11) is 0. The predicted molar refractivity (Wildman–Crippen MR) is 55.2 cm³/mol. The standard InChI is InChI=1S/C11H11F6NO/c12-10(13,14)9-4-2-1-3-8(9)7-18-5-6-19-11(15,16)17/h1-4,18H,5-7H2. The van der Waals surface area contributed by atoms with Crippen LogP contribution in [0.25, 0.3) is 0 Å². The van der Waals surface area contributed by atoms with Crippen molar-refractivity contribution < 1.29 is 31.1 Å². The van der Waals surface area contributed by atoms with Gasteiger partial charge in [-0.15, -0.1) is 13.2 Å².